The van der Waals surface area contributed by atoms with E-state index < -0.39 is 0 Å². The predicted octanol–water partition coefficient (Wildman–Crippen LogP) is 3.82. The fourth-order valence-electron chi connectivity index (χ4n) is 2.25. The van der Waals surface area contributed by atoms with E-state index in [0.29, 0.717) is 5.82 Å². The number of nitrogen functional groups attached to an aromatic ring is 1. The largest absolute Gasteiger partial charge is 0.384 e. The Morgan fingerprint density at radius 1 is 1.14 bits per heavy atom. The van der Waals surface area contributed by atoms with E-state index in [0.717, 1.165) is 23.9 Å². The summed E-state index contributed by atoms with van der Waals surface area (Å²) in [5.74, 6) is 2.13. The normalized spacial score (nSPS) is 11.5. The molecule has 0 amide bonds. The van der Waals surface area contributed by atoms with Gasteiger partial charge in [0.1, 0.15) is 17.5 Å². The highest BCUT2D eigenvalue weighted by Crippen LogP contribution is 2.29. The van der Waals surface area contributed by atoms with Crippen molar-refractivity contribution in [3.63, 3.8) is 0 Å². The summed E-state index contributed by atoms with van der Waals surface area (Å²) >= 11 is 0. The zero-order valence-electron chi connectivity index (χ0n) is 13.5. The second-order valence-corrected chi connectivity index (χ2v) is 6.26. The molecule has 0 aliphatic heterocycles. The van der Waals surface area contributed by atoms with Crippen LogP contribution in [0.15, 0.2) is 30.3 Å². The van der Waals surface area contributed by atoms with Gasteiger partial charge < -0.3 is 10.6 Å². The van der Waals surface area contributed by atoms with Gasteiger partial charge in [-0.2, -0.15) is 0 Å². The Bertz CT molecular complexity index is 629. The van der Waals surface area contributed by atoms with Crippen LogP contribution in [0, 0.1) is 6.92 Å². The topological polar surface area (TPSA) is 55.0 Å². The molecule has 0 bridgehead atoms. The van der Waals surface area contributed by atoms with Gasteiger partial charge in [0.05, 0.1) is 0 Å². The molecule has 4 nitrogen and oxygen atoms in total. The summed E-state index contributed by atoms with van der Waals surface area (Å²) in [7, 11) is 0. The fourth-order valence-corrected chi connectivity index (χ4v) is 2.25. The maximum Gasteiger partial charge on any atom is 0.138 e. The molecule has 0 atom stereocenters. The molecule has 1 heterocycles. The lowest BCUT2D eigenvalue weighted by Gasteiger charge is -2.26. The van der Waals surface area contributed by atoms with E-state index in [2.05, 4.69) is 56.6 Å². The number of para-hydroxylation sites is 1. The average Bonchev–Trinajstić information content (AvgIpc) is 2.40. The lowest BCUT2D eigenvalue weighted by Crippen LogP contribution is -2.23. The number of nitrogens with zero attached hydrogens (tertiary/aromatic N) is 3. The van der Waals surface area contributed by atoms with Gasteiger partial charge in [-0.15, -0.1) is 0 Å². The fraction of sp³-hybridized carbons (Fsp3) is 0.412. The minimum Gasteiger partial charge on any atom is -0.384 e. The predicted molar refractivity (Wildman–Crippen MR) is 89.0 cm³/mol. The summed E-state index contributed by atoms with van der Waals surface area (Å²) < 4.78 is 0. The van der Waals surface area contributed by atoms with Crippen molar-refractivity contribution in [3.05, 3.63) is 41.7 Å². The van der Waals surface area contributed by atoms with Crippen molar-refractivity contribution in [2.24, 2.45) is 0 Å². The summed E-state index contributed by atoms with van der Waals surface area (Å²) in [4.78, 5) is 11.3. The molecule has 2 aromatic rings. The Kier molecular flexibility index (Phi) is 4.16. The number of anilines is 3. The van der Waals surface area contributed by atoms with E-state index in [-0.39, 0.29) is 5.41 Å². The molecule has 0 fully saturated rings. The van der Waals surface area contributed by atoms with Gasteiger partial charge >= 0.3 is 0 Å². The number of nitrogens with two attached hydrogens (primary N) is 1. The van der Waals surface area contributed by atoms with Crippen LogP contribution in [-0.4, -0.2) is 16.5 Å². The van der Waals surface area contributed by atoms with Crippen molar-refractivity contribution in [3.8, 4) is 0 Å². The molecular weight excluding hydrogens is 260 g/mol. The monoisotopic (exact) mass is 284 g/mol. The van der Waals surface area contributed by atoms with Gasteiger partial charge in [-0.1, -0.05) is 39.0 Å². The summed E-state index contributed by atoms with van der Waals surface area (Å²) in [5, 5.41) is 0. The van der Waals surface area contributed by atoms with E-state index in [4.69, 9.17) is 10.7 Å². The van der Waals surface area contributed by atoms with Crippen molar-refractivity contribution in [2.45, 2.75) is 40.0 Å². The van der Waals surface area contributed by atoms with Gasteiger partial charge in [0, 0.05) is 23.7 Å². The van der Waals surface area contributed by atoms with Crippen LogP contribution in [0.25, 0.3) is 0 Å². The summed E-state index contributed by atoms with van der Waals surface area (Å²) in [6, 6.07) is 10.1. The number of hydrogen-bond acceptors (Lipinski definition) is 4. The van der Waals surface area contributed by atoms with Crippen molar-refractivity contribution in [2.75, 3.05) is 17.2 Å². The lowest BCUT2D eigenvalue weighted by atomic mass is 9.96. The highest BCUT2D eigenvalue weighted by Gasteiger charge is 2.21. The smallest absolute Gasteiger partial charge is 0.138 e. The maximum absolute atomic E-state index is 5.99. The SMILES string of the molecule is CCN(c1cc(N)nc(C(C)(C)C)n1)c1ccccc1C. The van der Waals surface area contributed by atoms with Crippen LogP contribution in [0.2, 0.25) is 0 Å². The number of aryl methyl sites for hydroxylation is 1. The molecule has 0 aliphatic rings. The van der Waals surface area contributed by atoms with E-state index in [1.54, 1.807) is 0 Å². The molecule has 112 valence electrons. The minimum absolute atomic E-state index is 0.130. The Morgan fingerprint density at radius 2 is 1.81 bits per heavy atom. The molecule has 0 radical (unpaired) electrons. The number of aromatic nitrogens is 2. The van der Waals surface area contributed by atoms with E-state index in [1.165, 1.54) is 5.56 Å². The summed E-state index contributed by atoms with van der Waals surface area (Å²) in [6.45, 7) is 11.3. The second kappa shape index (κ2) is 5.72. The lowest BCUT2D eigenvalue weighted by molar-refractivity contribution is 0.546. The molecular formula is C17H24N4. The van der Waals surface area contributed by atoms with Gasteiger partial charge in [0.2, 0.25) is 0 Å². The third-order valence-electron chi connectivity index (χ3n) is 3.40. The quantitative estimate of drug-likeness (QED) is 0.931. The molecule has 21 heavy (non-hydrogen) atoms. The molecule has 0 spiro atoms. The van der Waals surface area contributed by atoms with Crippen LogP contribution < -0.4 is 10.6 Å². The first-order valence-electron chi connectivity index (χ1n) is 7.31. The van der Waals surface area contributed by atoms with E-state index in [1.807, 2.05) is 18.2 Å². The van der Waals surface area contributed by atoms with Crippen LogP contribution in [0.4, 0.5) is 17.3 Å². The molecule has 1 aromatic heterocycles. The summed E-state index contributed by atoms with van der Waals surface area (Å²) in [5.41, 5.74) is 8.22. The first-order chi connectivity index (χ1) is 9.82. The van der Waals surface area contributed by atoms with E-state index >= 15 is 0 Å². The van der Waals surface area contributed by atoms with Crippen LogP contribution in [0.1, 0.15) is 39.1 Å². The third-order valence-corrected chi connectivity index (χ3v) is 3.40. The molecule has 2 N–H and O–H groups in total. The van der Waals surface area contributed by atoms with Crippen LogP contribution in [0.3, 0.4) is 0 Å². The zero-order valence-corrected chi connectivity index (χ0v) is 13.5. The average molecular weight is 284 g/mol. The van der Waals surface area contributed by atoms with Crippen molar-refractivity contribution < 1.29 is 0 Å². The van der Waals surface area contributed by atoms with Gasteiger partial charge in [-0.25, -0.2) is 9.97 Å². The summed E-state index contributed by atoms with van der Waals surface area (Å²) in [6.07, 6.45) is 0. The number of benzene rings is 1. The number of hydrogen-bond donors (Lipinski definition) is 1. The Hall–Kier alpha value is -2.10. The van der Waals surface area contributed by atoms with Crippen LogP contribution in [0.5, 0.6) is 0 Å². The second-order valence-electron chi connectivity index (χ2n) is 6.26. The maximum atomic E-state index is 5.99. The highest BCUT2D eigenvalue weighted by molar-refractivity contribution is 5.65. The number of rotatable bonds is 3. The molecule has 2 rings (SSSR count). The van der Waals surface area contributed by atoms with Crippen LogP contribution in [-0.2, 0) is 5.41 Å². The van der Waals surface area contributed by atoms with Gasteiger partial charge in [-0.05, 0) is 25.5 Å². The molecule has 0 unspecified atom stereocenters. The van der Waals surface area contributed by atoms with Crippen molar-refractivity contribution in [1.82, 2.24) is 9.97 Å². The molecule has 4 heteroatoms. The Morgan fingerprint density at radius 3 is 2.38 bits per heavy atom. The Labute approximate surface area is 127 Å². The van der Waals surface area contributed by atoms with Crippen molar-refractivity contribution in [1.29, 1.82) is 0 Å². The first kappa shape index (κ1) is 15.3. The molecule has 0 saturated carbocycles. The Balaban J connectivity index is 2.53. The highest BCUT2D eigenvalue weighted by atomic mass is 15.2. The van der Waals surface area contributed by atoms with E-state index in [9.17, 15) is 0 Å². The molecule has 1 aromatic carbocycles. The zero-order chi connectivity index (χ0) is 15.6. The van der Waals surface area contributed by atoms with Gasteiger partial charge in [-0.3, -0.25) is 0 Å². The first-order valence-corrected chi connectivity index (χ1v) is 7.31. The van der Waals surface area contributed by atoms with Crippen LogP contribution >= 0.6 is 0 Å². The standard InChI is InChI=1S/C17H24N4/c1-6-21(13-10-8-7-9-12(13)2)15-11-14(18)19-16(20-15)17(3,4)5/h7-11H,6H2,1-5H3,(H2,18,19,20). The minimum atomic E-state index is -0.130. The molecule has 0 aliphatic carbocycles. The molecule has 0 saturated heterocycles. The van der Waals surface area contributed by atoms with Gasteiger partial charge in [0.15, 0.2) is 0 Å². The van der Waals surface area contributed by atoms with Crippen molar-refractivity contribution >= 4 is 17.3 Å². The third kappa shape index (κ3) is 3.32. The van der Waals surface area contributed by atoms with Gasteiger partial charge in [0.25, 0.3) is 0 Å².